The van der Waals surface area contributed by atoms with Crippen molar-refractivity contribution >= 4 is 22.5 Å². The predicted octanol–water partition coefficient (Wildman–Crippen LogP) is 4.79. The fraction of sp³-hybridized carbons (Fsp3) is 0.444. The number of H-pyrrole nitrogens is 1. The topological polar surface area (TPSA) is 86.5 Å². The highest BCUT2D eigenvalue weighted by Crippen LogP contribution is 2.38. The van der Waals surface area contributed by atoms with Crippen molar-refractivity contribution in [3.8, 4) is 11.3 Å². The number of pyridine rings is 1. The van der Waals surface area contributed by atoms with Crippen LogP contribution in [0.2, 0.25) is 0 Å². The quantitative estimate of drug-likeness (QED) is 0.449. The smallest absolute Gasteiger partial charge is 0.225 e. The molecule has 1 amide bonds. The number of hydrogen-bond acceptors (Lipinski definition) is 4. The second-order valence-electron chi connectivity index (χ2n) is 10.00. The van der Waals surface area contributed by atoms with Crippen LogP contribution in [0.3, 0.4) is 0 Å². The number of likely N-dealkylation sites (tertiary alicyclic amines) is 1. The average Bonchev–Trinajstić information content (AvgIpc) is 3.43. The molecule has 0 saturated carbocycles. The summed E-state index contributed by atoms with van der Waals surface area (Å²) in [5.74, 6) is 0.850. The summed E-state index contributed by atoms with van der Waals surface area (Å²) in [6.07, 6.45) is 3.12. The molecule has 1 aromatic carbocycles. The molecule has 1 fully saturated rings. The molecule has 34 heavy (non-hydrogen) atoms. The average molecular weight is 460 g/mol. The van der Waals surface area contributed by atoms with E-state index >= 15 is 0 Å². The molecule has 5 rings (SSSR count). The highest BCUT2D eigenvalue weighted by atomic mass is 16.3. The van der Waals surface area contributed by atoms with Gasteiger partial charge in [-0.15, -0.1) is 0 Å². The molecule has 1 atom stereocenters. The van der Waals surface area contributed by atoms with Gasteiger partial charge in [0.1, 0.15) is 6.33 Å². The number of nitrogens with zero attached hydrogens (tertiary/aromatic N) is 4. The van der Waals surface area contributed by atoms with E-state index in [0.29, 0.717) is 11.8 Å². The number of aryl methyl sites for hydroxylation is 1. The number of amides is 1. The van der Waals surface area contributed by atoms with E-state index in [9.17, 15) is 9.90 Å². The standard InChI is InChI=1S/C27H33N5O2/c1-16(2)26-22-13-20(19-7-9-31(10-8-19)25(34)12-18(4)33)5-6-23(22)30-27(26)21-11-17(3)32-24(14-21)28-15-29-32/h5-6,11,13-16,18-19,30,33H,7-10,12H2,1-4H3. The highest BCUT2D eigenvalue weighted by Gasteiger charge is 2.25. The SMILES string of the molecule is Cc1cc(-c2[nH]c3ccc(C4CCN(C(=O)CC(C)O)CC4)cc3c2C(C)C)cc2ncnn12. The molecule has 4 heterocycles. The van der Waals surface area contributed by atoms with Gasteiger partial charge in [0.25, 0.3) is 0 Å². The van der Waals surface area contributed by atoms with Gasteiger partial charge < -0.3 is 15.0 Å². The Kier molecular flexibility index (Phi) is 5.90. The Hall–Kier alpha value is -3.19. The fourth-order valence-corrected chi connectivity index (χ4v) is 5.39. The molecule has 0 spiro atoms. The molecule has 3 aromatic heterocycles. The van der Waals surface area contributed by atoms with Gasteiger partial charge in [0, 0.05) is 35.2 Å². The molecule has 178 valence electrons. The number of piperidine rings is 1. The van der Waals surface area contributed by atoms with Gasteiger partial charge in [-0.2, -0.15) is 5.10 Å². The van der Waals surface area contributed by atoms with Crippen LogP contribution in [0.4, 0.5) is 0 Å². The van der Waals surface area contributed by atoms with Gasteiger partial charge in [0.15, 0.2) is 5.65 Å². The molecule has 7 nitrogen and oxygen atoms in total. The van der Waals surface area contributed by atoms with Gasteiger partial charge >= 0.3 is 0 Å². The normalized spacial score (nSPS) is 16.1. The summed E-state index contributed by atoms with van der Waals surface area (Å²) >= 11 is 0. The third kappa shape index (κ3) is 4.09. The number of nitrogens with one attached hydrogen (secondary N) is 1. The molecule has 1 aliphatic rings. The summed E-state index contributed by atoms with van der Waals surface area (Å²) in [6, 6.07) is 11.0. The summed E-state index contributed by atoms with van der Waals surface area (Å²) in [4.78, 5) is 22.3. The lowest BCUT2D eigenvalue weighted by Gasteiger charge is -2.32. The Labute approximate surface area is 199 Å². The Bertz CT molecular complexity index is 1340. The largest absolute Gasteiger partial charge is 0.393 e. The van der Waals surface area contributed by atoms with Crippen LogP contribution < -0.4 is 0 Å². The lowest BCUT2D eigenvalue weighted by molar-refractivity contribution is -0.134. The number of carbonyl (C=O) groups excluding carboxylic acids is 1. The molecule has 1 aliphatic heterocycles. The first-order valence-electron chi connectivity index (χ1n) is 12.2. The maximum atomic E-state index is 12.3. The van der Waals surface area contributed by atoms with Crippen molar-refractivity contribution in [3.05, 3.63) is 53.5 Å². The molecule has 1 unspecified atom stereocenters. The van der Waals surface area contributed by atoms with Crippen LogP contribution >= 0.6 is 0 Å². The van der Waals surface area contributed by atoms with Crippen LogP contribution in [0, 0.1) is 6.92 Å². The Morgan fingerprint density at radius 2 is 1.94 bits per heavy atom. The van der Waals surface area contributed by atoms with Gasteiger partial charge in [-0.3, -0.25) is 4.79 Å². The number of aromatic nitrogens is 4. The van der Waals surface area contributed by atoms with Crippen molar-refractivity contribution in [1.29, 1.82) is 0 Å². The number of aliphatic hydroxyl groups excluding tert-OH is 1. The van der Waals surface area contributed by atoms with Crippen LogP contribution in [-0.4, -0.2) is 54.7 Å². The summed E-state index contributed by atoms with van der Waals surface area (Å²) in [6.45, 7) is 9.71. The first kappa shape index (κ1) is 22.6. The summed E-state index contributed by atoms with van der Waals surface area (Å²) in [7, 11) is 0. The first-order valence-corrected chi connectivity index (χ1v) is 12.2. The minimum absolute atomic E-state index is 0.0567. The van der Waals surface area contributed by atoms with E-state index in [2.05, 4.69) is 66.2 Å². The molecule has 1 saturated heterocycles. The van der Waals surface area contributed by atoms with E-state index in [1.54, 1.807) is 13.3 Å². The molecule has 0 aliphatic carbocycles. The van der Waals surface area contributed by atoms with Crippen LogP contribution in [0.1, 0.15) is 68.7 Å². The molecule has 4 aromatic rings. The third-order valence-corrected chi connectivity index (χ3v) is 7.08. The number of aliphatic hydroxyl groups is 1. The molecule has 7 heteroatoms. The van der Waals surface area contributed by atoms with E-state index in [-0.39, 0.29) is 12.3 Å². The number of benzene rings is 1. The van der Waals surface area contributed by atoms with Crippen LogP contribution in [0.25, 0.3) is 27.8 Å². The van der Waals surface area contributed by atoms with E-state index in [1.165, 1.54) is 16.5 Å². The van der Waals surface area contributed by atoms with E-state index in [4.69, 9.17) is 0 Å². The van der Waals surface area contributed by atoms with Gasteiger partial charge in [-0.05, 0) is 73.9 Å². The van der Waals surface area contributed by atoms with E-state index in [0.717, 1.165) is 54.0 Å². The zero-order valence-corrected chi connectivity index (χ0v) is 20.4. The van der Waals surface area contributed by atoms with E-state index < -0.39 is 6.10 Å². The second-order valence-corrected chi connectivity index (χ2v) is 10.00. The lowest BCUT2D eigenvalue weighted by atomic mass is 9.87. The monoisotopic (exact) mass is 459 g/mol. The third-order valence-electron chi connectivity index (χ3n) is 7.08. The van der Waals surface area contributed by atoms with Crippen molar-refractivity contribution in [1.82, 2.24) is 24.5 Å². The maximum absolute atomic E-state index is 12.3. The summed E-state index contributed by atoms with van der Waals surface area (Å²) < 4.78 is 1.86. The fourth-order valence-electron chi connectivity index (χ4n) is 5.39. The number of hydrogen-bond donors (Lipinski definition) is 2. The minimum Gasteiger partial charge on any atom is -0.393 e. The van der Waals surface area contributed by atoms with Crippen molar-refractivity contribution in [3.63, 3.8) is 0 Å². The molecular formula is C27H33N5O2. The summed E-state index contributed by atoms with van der Waals surface area (Å²) in [5.41, 5.74) is 7.98. The van der Waals surface area contributed by atoms with Gasteiger partial charge in [-0.25, -0.2) is 9.50 Å². The minimum atomic E-state index is -0.584. The lowest BCUT2D eigenvalue weighted by Crippen LogP contribution is -2.39. The zero-order chi connectivity index (χ0) is 24.0. The first-order chi connectivity index (χ1) is 16.3. The Morgan fingerprint density at radius 1 is 1.18 bits per heavy atom. The van der Waals surface area contributed by atoms with E-state index in [1.807, 2.05) is 9.42 Å². The zero-order valence-electron chi connectivity index (χ0n) is 20.4. The van der Waals surface area contributed by atoms with Crippen molar-refractivity contribution in [2.45, 2.75) is 64.9 Å². The molecule has 0 radical (unpaired) electrons. The second kappa shape index (κ2) is 8.87. The Morgan fingerprint density at radius 3 is 2.65 bits per heavy atom. The molecule has 2 N–H and O–H groups in total. The number of rotatable bonds is 5. The highest BCUT2D eigenvalue weighted by molar-refractivity contribution is 5.92. The molecule has 0 bridgehead atoms. The van der Waals surface area contributed by atoms with Crippen LogP contribution in [-0.2, 0) is 4.79 Å². The maximum Gasteiger partial charge on any atom is 0.225 e. The van der Waals surface area contributed by atoms with Gasteiger partial charge in [-0.1, -0.05) is 19.9 Å². The van der Waals surface area contributed by atoms with Crippen molar-refractivity contribution < 1.29 is 9.90 Å². The number of aromatic amines is 1. The summed E-state index contributed by atoms with van der Waals surface area (Å²) in [5, 5.41) is 15.1. The molecular weight excluding hydrogens is 426 g/mol. The van der Waals surface area contributed by atoms with Crippen LogP contribution in [0.5, 0.6) is 0 Å². The number of carbonyl (C=O) groups is 1. The predicted molar refractivity (Wildman–Crippen MR) is 134 cm³/mol. The van der Waals surface area contributed by atoms with Crippen molar-refractivity contribution in [2.24, 2.45) is 0 Å². The number of fused-ring (bicyclic) bond motifs is 2. The van der Waals surface area contributed by atoms with Crippen LogP contribution in [0.15, 0.2) is 36.7 Å². The van der Waals surface area contributed by atoms with Gasteiger partial charge in [0.05, 0.1) is 18.2 Å². The van der Waals surface area contributed by atoms with Gasteiger partial charge in [0.2, 0.25) is 5.91 Å². The Balaban J connectivity index is 1.47. The van der Waals surface area contributed by atoms with Crippen molar-refractivity contribution in [2.75, 3.05) is 13.1 Å².